The van der Waals surface area contributed by atoms with E-state index in [2.05, 4.69) is 40.0 Å². The number of hydrogen-bond donors (Lipinski definition) is 2. The number of hydrogen-bond acceptors (Lipinski definition) is 5. The number of nitrogens with zero attached hydrogens (tertiary/aromatic N) is 5. The lowest BCUT2D eigenvalue weighted by atomic mass is 9.80. The highest BCUT2D eigenvalue weighted by molar-refractivity contribution is 6.08. The van der Waals surface area contributed by atoms with Crippen LogP contribution in [0.15, 0.2) is 43.1 Å². The van der Waals surface area contributed by atoms with Gasteiger partial charge in [0.15, 0.2) is 11.3 Å². The molecule has 0 saturated heterocycles. The molecule has 1 saturated carbocycles. The summed E-state index contributed by atoms with van der Waals surface area (Å²) in [6.45, 7) is 8.04. The summed E-state index contributed by atoms with van der Waals surface area (Å²) in [5, 5.41) is 19.6. The molecule has 0 atom stereocenters. The Balaban J connectivity index is 1.47. The van der Waals surface area contributed by atoms with Gasteiger partial charge in [0, 0.05) is 35.2 Å². The van der Waals surface area contributed by atoms with E-state index in [1.165, 1.54) is 12.8 Å². The lowest BCUT2D eigenvalue weighted by Gasteiger charge is -2.30. The van der Waals surface area contributed by atoms with Crippen LogP contribution in [0.3, 0.4) is 0 Å². The Hall–Kier alpha value is -3.26. The van der Waals surface area contributed by atoms with Crippen molar-refractivity contribution in [1.29, 1.82) is 0 Å². The topological polar surface area (TPSA) is 97.3 Å². The standard InChI is InChI=1S/C26H32N6O2/c1-16(2)17-6-8-19(9-7-17)32-14-18-12-22(20(26(3,4)34)13-21(18)30-32)29-25(33)23-24-27-10-5-11-31(24)15-28-23/h5,10-17,19,34H,6-9H2,1-4H3,(H,29,33)/t17-,19-. The van der Waals surface area contributed by atoms with Gasteiger partial charge in [-0.2, -0.15) is 5.10 Å². The number of fused-ring (bicyclic) bond motifs is 2. The molecule has 5 rings (SSSR count). The lowest BCUT2D eigenvalue weighted by molar-refractivity contribution is 0.0794. The first-order valence-corrected chi connectivity index (χ1v) is 12.1. The Kier molecular flexibility index (Phi) is 5.64. The van der Waals surface area contributed by atoms with E-state index in [4.69, 9.17) is 5.10 Å². The highest BCUT2D eigenvalue weighted by Crippen LogP contribution is 2.37. The second-order valence-electron chi connectivity index (χ2n) is 10.3. The van der Waals surface area contributed by atoms with Gasteiger partial charge in [0.1, 0.15) is 6.33 Å². The van der Waals surface area contributed by atoms with Gasteiger partial charge >= 0.3 is 0 Å². The van der Waals surface area contributed by atoms with Crippen LogP contribution in [-0.4, -0.2) is 35.2 Å². The molecule has 0 bridgehead atoms. The summed E-state index contributed by atoms with van der Waals surface area (Å²) in [5.74, 6) is 1.14. The fraction of sp³-hybridized carbons (Fsp3) is 0.462. The summed E-state index contributed by atoms with van der Waals surface area (Å²) < 4.78 is 3.78. The number of nitrogens with one attached hydrogen (secondary N) is 1. The molecule has 2 N–H and O–H groups in total. The molecule has 0 radical (unpaired) electrons. The van der Waals surface area contributed by atoms with Crippen molar-refractivity contribution in [3.8, 4) is 0 Å². The first-order chi connectivity index (χ1) is 16.2. The zero-order chi connectivity index (χ0) is 24.0. The maximum absolute atomic E-state index is 13.1. The zero-order valence-corrected chi connectivity index (χ0v) is 20.2. The molecule has 8 nitrogen and oxygen atoms in total. The van der Waals surface area contributed by atoms with Gasteiger partial charge in [0.25, 0.3) is 5.91 Å². The number of carbonyl (C=O) groups excluding carboxylic acids is 1. The van der Waals surface area contributed by atoms with Gasteiger partial charge in [-0.3, -0.25) is 13.9 Å². The second kappa shape index (κ2) is 8.51. The van der Waals surface area contributed by atoms with E-state index >= 15 is 0 Å². The van der Waals surface area contributed by atoms with Gasteiger partial charge in [-0.25, -0.2) is 9.97 Å². The zero-order valence-electron chi connectivity index (χ0n) is 20.2. The Morgan fingerprint density at radius 1 is 1.18 bits per heavy atom. The number of anilines is 1. The summed E-state index contributed by atoms with van der Waals surface area (Å²) in [6.07, 6.45) is 11.7. The van der Waals surface area contributed by atoms with Crippen molar-refractivity contribution in [2.24, 2.45) is 11.8 Å². The van der Waals surface area contributed by atoms with Crippen LogP contribution in [0, 0.1) is 11.8 Å². The molecule has 1 amide bonds. The molecule has 1 aromatic carbocycles. The number of benzene rings is 1. The average molecular weight is 461 g/mol. The van der Waals surface area contributed by atoms with Gasteiger partial charge in [-0.05, 0) is 69.6 Å². The Morgan fingerprint density at radius 3 is 2.65 bits per heavy atom. The molecule has 0 unspecified atom stereocenters. The minimum absolute atomic E-state index is 0.236. The molecular weight excluding hydrogens is 428 g/mol. The van der Waals surface area contributed by atoms with Crippen molar-refractivity contribution < 1.29 is 9.90 Å². The SMILES string of the molecule is CC(C)[C@H]1CC[C@H](n2cc3cc(NC(=O)c4ncn5cccnc45)c(C(C)(C)O)cc3n2)CC1. The van der Waals surface area contributed by atoms with Gasteiger partial charge in [-0.15, -0.1) is 0 Å². The van der Waals surface area contributed by atoms with Gasteiger partial charge in [0.2, 0.25) is 0 Å². The van der Waals surface area contributed by atoms with Crippen LogP contribution in [0.25, 0.3) is 16.6 Å². The number of amides is 1. The van der Waals surface area contributed by atoms with Crippen LogP contribution in [0.5, 0.6) is 0 Å². The van der Waals surface area contributed by atoms with Crippen molar-refractivity contribution in [1.82, 2.24) is 24.1 Å². The first-order valence-electron chi connectivity index (χ1n) is 12.1. The molecule has 34 heavy (non-hydrogen) atoms. The van der Waals surface area contributed by atoms with E-state index in [0.717, 1.165) is 35.6 Å². The quantitative estimate of drug-likeness (QED) is 0.439. The largest absolute Gasteiger partial charge is 0.386 e. The molecule has 1 aliphatic carbocycles. The Bertz CT molecular complexity index is 1340. The molecule has 0 spiro atoms. The highest BCUT2D eigenvalue weighted by Gasteiger charge is 2.27. The molecule has 4 aromatic rings. The van der Waals surface area contributed by atoms with Crippen LogP contribution < -0.4 is 5.32 Å². The average Bonchev–Trinajstić information content (AvgIpc) is 3.42. The van der Waals surface area contributed by atoms with Gasteiger partial charge in [0.05, 0.1) is 17.2 Å². The number of aromatic nitrogens is 5. The predicted molar refractivity (Wildman–Crippen MR) is 132 cm³/mol. The maximum Gasteiger partial charge on any atom is 0.278 e. The number of rotatable bonds is 5. The minimum Gasteiger partial charge on any atom is -0.386 e. The third kappa shape index (κ3) is 4.18. The summed E-state index contributed by atoms with van der Waals surface area (Å²) in [5.41, 5.74) is 1.53. The van der Waals surface area contributed by atoms with E-state index in [1.54, 1.807) is 43.0 Å². The third-order valence-corrected chi connectivity index (χ3v) is 7.14. The van der Waals surface area contributed by atoms with Crippen molar-refractivity contribution in [3.63, 3.8) is 0 Å². The minimum atomic E-state index is -1.16. The first kappa shape index (κ1) is 22.5. The van der Waals surface area contributed by atoms with Gasteiger partial charge < -0.3 is 10.4 Å². The normalized spacial score (nSPS) is 19.2. The number of carbonyl (C=O) groups is 1. The molecule has 3 aromatic heterocycles. The summed E-state index contributed by atoms with van der Waals surface area (Å²) in [4.78, 5) is 21.6. The molecule has 1 aliphatic rings. The second-order valence-corrected chi connectivity index (χ2v) is 10.3. The van der Waals surface area contributed by atoms with Crippen LogP contribution >= 0.6 is 0 Å². The van der Waals surface area contributed by atoms with Crippen molar-refractivity contribution in [2.75, 3.05) is 5.32 Å². The van der Waals surface area contributed by atoms with E-state index in [1.807, 2.05) is 12.1 Å². The van der Waals surface area contributed by atoms with Gasteiger partial charge in [-0.1, -0.05) is 13.8 Å². The van der Waals surface area contributed by atoms with Crippen LogP contribution in [-0.2, 0) is 5.60 Å². The fourth-order valence-electron chi connectivity index (χ4n) is 5.10. The van der Waals surface area contributed by atoms with Crippen LogP contribution in [0.1, 0.15) is 75.5 Å². The Morgan fingerprint density at radius 2 is 1.94 bits per heavy atom. The smallest absolute Gasteiger partial charge is 0.278 e. The van der Waals surface area contributed by atoms with Crippen LogP contribution in [0.4, 0.5) is 5.69 Å². The highest BCUT2D eigenvalue weighted by atomic mass is 16.3. The monoisotopic (exact) mass is 460 g/mol. The molecule has 3 heterocycles. The van der Waals surface area contributed by atoms with E-state index in [-0.39, 0.29) is 11.6 Å². The maximum atomic E-state index is 13.1. The fourth-order valence-corrected chi connectivity index (χ4v) is 5.10. The van der Waals surface area contributed by atoms with Crippen molar-refractivity contribution in [2.45, 2.75) is 65.0 Å². The van der Waals surface area contributed by atoms with Crippen molar-refractivity contribution in [3.05, 3.63) is 54.4 Å². The van der Waals surface area contributed by atoms with E-state index in [9.17, 15) is 9.90 Å². The molecule has 1 fully saturated rings. The molecule has 8 heteroatoms. The molecule has 0 aliphatic heterocycles. The summed E-state index contributed by atoms with van der Waals surface area (Å²) in [7, 11) is 0. The van der Waals surface area contributed by atoms with E-state index in [0.29, 0.717) is 22.9 Å². The van der Waals surface area contributed by atoms with E-state index < -0.39 is 5.60 Å². The summed E-state index contributed by atoms with van der Waals surface area (Å²) >= 11 is 0. The number of imidazole rings is 1. The summed E-state index contributed by atoms with van der Waals surface area (Å²) in [6, 6.07) is 5.94. The molecule has 178 valence electrons. The Labute approximate surface area is 199 Å². The van der Waals surface area contributed by atoms with Crippen LogP contribution in [0.2, 0.25) is 0 Å². The number of aliphatic hydroxyl groups is 1. The third-order valence-electron chi connectivity index (χ3n) is 7.14. The van der Waals surface area contributed by atoms with Crippen molar-refractivity contribution >= 4 is 28.1 Å². The predicted octanol–water partition coefficient (Wildman–Crippen LogP) is 4.95. The molecular formula is C26H32N6O2. The lowest BCUT2D eigenvalue weighted by Crippen LogP contribution is -2.21.